The molecule has 0 aromatic heterocycles. The highest BCUT2D eigenvalue weighted by molar-refractivity contribution is 9.10. The summed E-state index contributed by atoms with van der Waals surface area (Å²) < 4.78 is 1.04. The van der Waals surface area contributed by atoms with Gasteiger partial charge in [-0.1, -0.05) is 39.8 Å². The van der Waals surface area contributed by atoms with Crippen LogP contribution in [0.5, 0.6) is 0 Å². The lowest BCUT2D eigenvalue weighted by molar-refractivity contribution is 0.816. The van der Waals surface area contributed by atoms with E-state index in [-0.39, 0.29) is 0 Å². The van der Waals surface area contributed by atoms with Gasteiger partial charge in [-0.15, -0.1) is 0 Å². The summed E-state index contributed by atoms with van der Waals surface area (Å²) in [6, 6.07) is 16.3. The van der Waals surface area contributed by atoms with E-state index in [4.69, 9.17) is 0 Å². The smallest absolute Gasteiger partial charge is 0.100 e. The highest BCUT2D eigenvalue weighted by atomic mass is 79.9. The fourth-order valence-corrected chi connectivity index (χ4v) is 3.21. The van der Waals surface area contributed by atoms with Gasteiger partial charge in [0.1, 0.15) is 6.07 Å². The van der Waals surface area contributed by atoms with E-state index in [1.165, 1.54) is 0 Å². The molecule has 0 aliphatic heterocycles. The first-order valence-corrected chi connectivity index (χ1v) is 7.45. The molecule has 4 heteroatoms. The molecule has 0 aliphatic rings. The summed E-state index contributed by atoms with van der Waals surface area (Å²) in [6.07, 6.45) is 0. The van der Waals surface area contributed by atoms with Crippen LogP contribution in [0.2, 0.25) is 0 Å². The molecule has 2 aromatic rings. The van der Waals surface area contributed by atoms with Gasteiger partial charge in [0.2, 0.25) is 0 Å². The van der Waals surface area contributed by atoms with E-state index >= 15 is 0 Å². The van der Waals surface area contributed by atoms with Crippen LogP contribution in [-0.4, -0.2) is 7.05 Å². The third kappa shape index (κ3) is 3.84. The molecule has 96 valence electrons. The molecule has 0 unspecified atom stereocenters. The van der Waals surface area contributed by atoms with E-state index in [1.54, 1.807) is 11.8 Å². The summed E-state index contributed by atoms with van der Waals surface area (Å²) in [6.45, 7) is 0.774. The Balaban J connectivity index is 2.28. The maximum absolute atomic E-state index is 9.25. The molecule has 0 aliphatic carbocycles. The van der Waals surface area contributed by atoms with Gasteiger partial charge < -0.3 is 5.32 Å². The van der Waals surface area contributed by atoms with Crippen molar-refractivity contribution >= 4 is 27.7 Å². The Hall–Kier alpha value is -1.28. The molecule has 0 bridgehead atoms. The van der Waals surface area contributed by atoms with Crippen molar-refractivity contribution in [2.24, 2.45) is 0 Å². The molecule has 0 saturated heterocycles. The zero-order chi connectivity index (χ0) is 13.7. The Morgan fingerprint density at radius 2 is 2.11 bits per heavy atom. The van der Waals surface area contributed by atoms with Crippen molar-refractivity contribution in [3.63, 3.8) is 0 Å². The van der Waals surface area contributed by atoms with Crippen LogP contribution in [0.3, 0.4) is 0 Å². The minimum Gasteiger partial charge on any atom is -0.316 e. The first-order valence-electron chi connectivity index (χ1n) is 5.84. The van der Waals surface area contributed by atoms with Gasteiger partial charge in [0.05, 0.1) is 5.56 Å². The second kappa shape index (κ2) is 6.76. The highest BCUT2D eigenvalue weighted by Gasteiger charge is 2.06. The summed E-state index contributed by atoms with van der Waals surface area (Å²) in [5.41, 5.74) is 1.84. The topological polar surface area (TPSA) is 35.8 Å². The lowest BCUT2D eigenvalue weighted by atomic mass is 10.1. The summed E-state index contributed by atoms with van der Waals surface area (Å²) in [5, 5.41) is 12.3. The molecule has 0 amide bonds. The van der Waals surface area contributed by atoms with Crippen molar-refractivity contribution in [3.05, 3.63) is 58.1 Å². The van der Waals surface area contributed by atoms with Crippen LogP contribution in [0.25, 0.3) is 0 Å². The summed E-state index contributed by atoms with van der Waals surface area (Å²) in [4.78, 5) is 2.10. The quantitative estimate of drug-likeness (QED) is 0.911. The van der Waals surface area contributed by atoms with Crippen LogP contribution in [0.15, 0.2) is 56.7 Å². The Bertz CT molecular complexity index is 620. The Kier molecular flexibility index (Phi) is 5.03. The Labute approximate surface area is 126 Å². The van der Waals surface area contributed by atoms with Gasteiger partial charge in [0.15, 0.2) is 0 Å². The van der Waals surface area contributed by atoms with Gasteiger partial charge in [-0.2, -0.15) is 5.26 Å². The van der Waals surface area contributed by atoms with Gasteiger partial charge in [0.25, 0.3) is 0 Å². The summed E-state index contributed by atoms with van der Waals surface area (Å²) in [7, 11) is 1.90. The predicted molar refractivity (Wildman–Crippen MR) is 82.2 cm³/mol. The zero-order valence-corrected chi connectivity index (χ0v) is 12.9. The zero-order valence-electron chi connectivity index (χ0n) is 10.5. The van der Waals surface area contributed by atoms with E-state index in [0.717, 1.165) is 31.9 Å². The maximum Gasteiger partial charge on any atom is 0.100 e. The number of hydrogen-bond donors (Lipinski definition) is 1. The fraction of sp³-hybridized carbons (Fsp3) is 0.133. The van der Waals surface area contributed by atoms with Crippen molar-refractivity contribution in [1.29, 1.82) is 5.26 Å². The van der Waals surface area contributed by atoms with Crippen LogP contribution in [-0.2, 0) is 6.54 Å². The molecule has 0 fully saturated rings. The van der Waals surface area contributed by atoms with Crippen molar-refractivity contribution < 1.29 is 0 Å². The average molecular weight is 333 g/mol. The average Bonchev–Trinajstić information content (AvgIpc) is 2.41. The van der Waals surface area contributed by atoms with E-state index in [2.05, 4.69) is 33.4 Å². The number of nitriles is 1. The SMILES string of the molecule is CNCc1ccc(Sc2cccc(Br)c2)c(C#N)c1. The van der Waals surface area contributed by atoms with Crippen molar-refractivity contribution in [2.45, 2.75) is 16.3 Å². The summed E-state index contributed by atoms with van der Waals surface area (Å²) >= 11 is 5.06. The minimum atomic E-state index is 0.720. The normalized spacial score (nSPS) is 10.2. The fourth-order valence-electron chi connectivity index (χ4n) is 1.73. The molecule has 2 aromatic carbocycles. The van der Waals surface area contributed by atoms with E-state index in [9.17, 15) is 5.26 Å². The van der Waals surface area contributed by atoms with Crippen molar-refractivity contribution in [2.75, 3.05) is 7.05 Å². The van der Waals surface area contributed by atoms with E-state index in [0.29, 0.717) is 0 Å². The molecule has 1 N–H and O–H groups in total. The maximum atomic E-state index is 9.25. The largest absolute Gasteiger partial charge is 0.316 e. The third-order valence-corrected chi connectivity index (χ3v) is 4.13. The second-order valence-electron chi connectivity index (χ2n) is 4.03. The van der Waals surface area contributed by atoms with Crippen LogP contribution in [0.4, 0.5) is 0 Å². The standard InChI is InChI=1S/C15H13BrN2S/c1-18-10-11-5-6-15(12(7-11)9-17)19-14-4-2-3-13(16)8-14/h2-8,18H,10H2,1H3. The summed E-state index contributed by atoms with van der Waals surface area (Å²) in [5.74, 6) is 0. The number of nitrogens with zero attached hydrogens (tertiary/aromatic N) is 1. The first kappa shape index (κ1) is 14.1. The van der Waals surface area contributed by atoms with Gasteiger partial charge in [-0.05, 0) is 42.9 Å². The molecule has 0 saturated carbocycles. The van der Waals surface area contributed by atoms with Crippen molar-refractivity contribution in [1.82, 2.24) is 5.32 Å². The number of benzene rings is 2. The van der Waals surface area contributed by atoms with Crippen LogP contribution in [0.1, 0.15) is 11.1 Å². The molecule has 2 rings (SSSR count). The number of halogens is 1. The Morgan fingerprint density at radius 3 is 2.79 bits per heavy atom. The second-order valence-corrected chi connectivity index (χ2v) is 6.06. The molecular formula is C15H13BrN2S. The molecule has 0 atom stereocenters. The van der Waals surface area contributed by atoms with Gasteiger partial charge in [-0.25, -0.2) is 0 Å². The predicted octanol–water partition coefficient (Wildman–Crippen LogP) is 4.19. The minimum absolute atomic E-state index is 0.720. The monoisotopic (exact) mass is 332 g/mol. The van der Waals surface area contributed by atoms with Gasteiger partial charge in [0, 0.05) is 20.8 Å². The molecular weight excluding hydrogens is 320 g/mol. The van der Waals surface area contributed by atoms with E-state index in [1.807, 2.05) is 43.4 Å². The molecule has 2 nitrogen and oxygen atoms in total. The van der Waals surface area contributed by atoms with Gasteiger partial charge >= 0.3 is 0 Å². The van der Waals surface area contributed by atoms with Crippen LogP contribution in [0, 0.1) is 11.3 Å². The number of nitrogens with one attached hydrogen (secondary N) is 1. The molecule has 0 heterocycles. The van der Waals surface area contributed by atoms with Crippen molar-refractivity contribution in [3.8, 4) is 6.07 Å². The van der Waals surface area contributed by atoms with Crippen LogP contribution < -0.4 is 5.32 Å². The van der Waals surface area contributed by atoms with Gasteiger partial charge in [-0.3, -0.25) is 0 Å². The molecule has 0 radical (unpaired) electrons. The van der Waals surface area contributed by atoms with Crippen LogP contribution >= 0.6 is 27.7 Å². The third-order valence-electron chi connectivity index (χ3n) is 2.57. The lowest BCUT2D eigenvalue weighted by Crippen LogP contribution is -2.05. The first-order chi connectivity index (χ1) is 9.22. The molecule has 0 spiro atoms. The lowest BCUT2D eigenvalue weighted by Gasteiger charge is -2.07. The number of hydrogen-bond acceptors (Lipinski definition) is 3. The Morgan fingerprint density at radius 1 is 1.26 bits per heavy atom. The molecule has 19 heavy (non-hydrogen) atoms. The highest BCUT2D eigenvalue weighted by Crippen LogP contribution is 2.32. The van der Waals surface area contributed by atoms with E-state index < -0.39 is 0 Å². The number of rotatable bonds is 4.